The summed E-state index contributed by atoms with van der Waals surface area (Å²) >= 11 is 0. The first-order valence-corrected chi connectivity index (χ1v) is 9.90. The first kappa shape index (κ1) is 17.7. The summed E-state index contributed by atoms with van der Waals surface area (Å²) in [6, 6.07) is 17.8. The number of hydrogen-bond donors (Lipinski definition) is 2. The molecule has 0 saturated carbocycles. The number of unbranched alkanes of at least 4 members (excludes halogenated alkanes) is 1. The molecule has 0 amide bonds. The monoisotopic (exact) mass is 357 g/mol. The van der Waals surface area contributed by atoms with Crippen molar-refractivity contribution in [2.75, 3.05) is 0 Å². The number of rotatable bonds is 8. The predicted molar refractivity (Wildman–Crippen MR) is 114 cm³/mol. The summed E-state index contributed by atoms with van der Waals surface area (Å²) in [5, 5.41) is 7.50. The molecule has 2 aromatic heterocycles. The molecular weight excluding hydrogens is 330 g/mol. The molecule has 27 heavy (non-hydrogen) atoms. The smallest absolute Gasteiger partial charge is 0.0456 e. The standard InChI is InChI=1S/C24H27N3/c1-18(26-15-19-10-11-21-16-25-13-12-20(21)14-19)6-2-3-7-22-17-27-24-9-5-4-8-23(22)24/h4-5,8-14,16-18,26-27H,2-3,6-7,15H2,1H3/t18-/m1/s1. The molecule has 0 aliphatic heterocycles. The number of nitrogens with zero attached hydrogens (tertiary/aromatic N) is 1. The number of H-pyrrole nitrogens is 1. The lowest BCUT2D eigenvalue weighted by Crippen LogP contribution is -2.25. The Morgan fingerprint density at radius 2 is 1.96 bits per heavy atom. The van der Waals surface area contributed by atoms with Crippen LogP contribution in [0.15, 0.2) is 67.1 Å². The molecule has 0 bridgehead atoms. The molecule has 0 aliphatic carbocycles. The highest BCUT2D eigenvalue weighted by Gasteiger charge is 2.05. The number of aryl methyl sites for hydroxylation is 1. The van der Waals surface area contributed by atoms with Crippen LogP contribution in [0.5, 0.6) is 0 Å². The number of fused-ring (bicyclic) bond motifs is 2. The highest BCUT2D eigenvalue weighted by Crippen LogP contribution is 2.20. The van der Waals surface area contributed by atoms with Gasteiger partial charge in [-0.05, 0) is 60.9 Å². The normalized spacial score (nSPS) is 12.6. The van der Waals surface area contributed by atoms with E-state index >= 15 is 0 Å². The van der Waals surface area contributed by atoms with E-state index in [1.807, 2.05) is 12.4 Å². The van der Waals surface area contributed by atoms with Crippen LogP contribution in [-0.4, -0.2) is 16.0 Å². The second kappa shape index (κ2) is 8.36. The van der Waals surface area contributed by atoms with Crippen molar-refractivity contribution in [3.8, 4) is 0 Å². The first-order valence-electron chi connectivity index (χ1n) is 9.90. The van der Waals surface area contributed by atoms with Gasteiger partial charge in [0.1, 0.15) is 0 Å². The van der Waals surface area contributed by atoms with E-state index in [9.17, 15) is 0 Å². The van der Waals surface area contributed by atoms with Crippen molar-refractivity contribution in [1.82, 2.24) is 15.3 Å². The molecule has 2 aromatic carbocycles. The van der Waals surface area contributed by atoms with Gasteiger partial charge in [-0.1, -0.05) is 36.8 Å². The van der Waals surface area contributed by atoms with E-state index in [1.54, 1.807) is 0 Å². The van der Waals surface area contributed by atoms with Crippen LogP contribution in [-0.2, 0) is 13.0 Å². The highest BCUT2D eigenvalue weighted by atomic mass is 14.9. The van der Waals surface area contributed by atoms with Crippen molar-refractivity contribution < 1.29 is 0 Å². The van der Waals surface area contributed by atoms with Crippen molar-refractivity contribution in [2.24, 2.45) is 0 Å². The molecule has 0 saturated heterocycles. The van der Waals surface area contributed by atoms with E-state index in [0.717, 1.165) is 13.0 Å². The number of aromatic amines is 1. The fraction of sp³-hybridized carbons (Fsp3) is 0.292. The minimum atomic E-state index is 0.529. The predicted octanol–water partition coefficient (Wildman–Crippen LogP) is 5.61. The summed E-state index contributed by atoms with van der Waals surface area (Å²) in [4.78, 5) is 7.55. The minimum Gasteiger partial charge on any atom is -0.361 e. The summed E-state index contributed by atoms with van der Waals surface area (Å²) in [6.45, 7) is 3.21. The van der Waals surface area contributed by atoms with Gasteiger partial charge in [-0.15, -0.1) is 0 Å². The van der Waals surface area contributed by atoms with Gasteiger partial charge in [0.15, 0.2) is 0 Å². The third kappa shape index (κ3) is 4.37. The Morgan fingerprint density at radius 1 is 1.04 bits per heavy atom. The van der Waals surface area contributed by atoms with E-state index in [1.165, 1.54) is 52.1 Å². The van der Waals surface area contributed by atoms with Gasteiger partial charge in [-0.3, -0.25) is 4.98 Å². The zero-order chi connectivity index (χ0) is 18.5. The number of nitrogens with one attached hydrogen (secondary N) is 2. The molecule has 0 unspecified atom stereocenters. The molecule has 4 rings (SSSR count). The molecule has 0 aliphatic rings. The zero-order valence-electron chi connectivity index (χ0n) is 15.9. The van der Waals surface area contributed by atoms with Gasteiger partial charge in [0.25, 0.3) is 0 Å². The van der Waals surface area contributed by atoms with Crippen molar-refractivity contribution in [1.29, 1.82) is 0 Å². The molecular formula is C24H27N3. The number of aromatic nitrogens is 2. The van der Waals surface area contributed by atoms with Crippen LogP contribution in [0.2, 0.25) is 0 Å². The van der Waals surface area contributed by atoms with E-state index in [0.29, 0.717) is 6.04 Å². The van der Waals surface area contributed by atoms with Gasteiger partial charge in [0, 0.05) is 47.5 Å². The number of benzene rings is 2. The molecule has 3 nitrogen and oxygen atoms in total. The molecule has 0 spiro atoms. The van der Waals surface area contributed by atoms with Gasteiger partial charge >= 0.3 is 0 Å². The van der Waals surface area contributed by atoms with E-state index in [2.05, 4.69) is 76.9 Å². The van der Waals surface area contributed by atoms with Crippen LogP contribution in [0.25, 0.3) is 21.7 Å². The Kier molecular flexibility index (Phi) is 5.50. The lowest BCUT2D eigenvalue weighted by Gasteiger charge is -2.14. The topological polar surface area (TPSA) is 40.7 Å². The van der Waals surface area contributed by atoms with Crippen LogP contribution in [0.1, 0.15) is 37.3 Å². The molecule has 2 heterocycles. The van der Waals surface area contributed by atoms with Gasteiger partial charge in [0.2, 0.25) is 0 Å². The fourth-order valence-electron chi connectivity index (χ4n) is 3.74. The Balaban J connectivity index is 1.22. The number of para-hydroxylation sites is 1. The number of hydrogen-bond acceptors (Lipinski definition) is 2. The van der Waals surface area contributed by atoms with Crippen molar-refractivity contribution >= 4 is 21.7 Å². The molecule has 3 heteroatoms. The van der Waals surface area contributed by atoms with Crippen LogP contribution < -0.4 is 5.32 Å². The largest absolute Gasteiger partial charge is 0.361 e. The summed E-state index contributed by atoms with van der Waals surface area (Å²) in [6.07, 6.45) is 10.8. The molecule has 0 fully saturated rings. The minimum absolute atomic E-state index is 0.529. The summed E-state index contributed by atoms with van der Waals surface area (Å²) in [5.74, 6) is 0. The molecule has 2 N–H and O–H groups in total. The fourth-order valence-corrected chi connectivity index (χ4v) is 3.74. The third-order valence-corrected chi connectivity index (χ3v) is 5.37. The molecule has 1 atom stereocenters. The van der Waals surface area contributed by atoms with Crippen molar-refractivity contribution in [3.63, 3.8) is 0 Å². The molecule has 138 valence electrons. The Bertz CT molecular complexity index is 1020. The molecule has 0 radical (unpaired) electrons. The lowest BCUT2D eigenvalue weighted by atomic mass is 10.0. The second-order valence-electron chi connectivity index (χ2n) is 7.44. The quantitative estimate of drug-likeness (QED) is 0.403. The van der Waals surface area contributed by atoms with Crippen molar-refractivity contribution in [3.05, 3.63) is 78.2 Å². The van der Waals surface area contributed by atoms with E-state index in [4.69, 9.17) is 0 Å². The van der Waals surface area contributed by atoms with Gasteiger partial charge < -0.3 is 10.3 Å². The van der Waals surface area contributed by atoms with E-state index in [-0.39, 0.29) is 0 Å². The number of pyridine rings is 1. The third-order valence-electron chi connectivity index (χ3n) is 5.37. The lowest BCUT2D eigenvalue weighted by molar-refractivity contribution is 0.489. The Morgan fingerprint density at radius 3 is 2.93 bits per heavy atom. The van der Waals surface area contributed by atoms with Crippen LogP contribution in [0.4, 0.5) is 0 Å². The summed E-state index contributed by atoms with van der Waals surface area (Å²) in [5.41, 5.74) is 4.02. The summed E-state index contributed by atoms with van der Waals surface area (Å²) in [7, 11) is 0. The first-order chi connectivity index (χ1) is 13.3. The maximum Gasteiger partial charge on any atom is 0.0456 e. The average molecular weight is 358 g/mol. The molecule has 4 aromatic rings. The van der Waals surface area contributed by atoms with Crippen LogP contribution in [0.3, 0.4) is 0 Å². The van der Waals surface area contributed by atoms with Crippen molar-refractivity contribution in [2.45, 2.75) is 45.2 Å². The highest BCUT2D eigenvalue weighted by molar-refractivity contribution is 5.83. The Hall–Kier alpha value is -2.65. The maximum absolute atomic E-state index is 4.18. The van der Waals surface area contributed by atoms with Gasteiger partial charge in [-0.25, -0.2) is 0 Å². The van der Waals surface area contributed by atoms with Crippen LogP contribution >= 0.6 is 0 Å². The Labute approximate surface area is 160 Å². The van der Waals surface area contributed by atoms with E-state index < -0.39 is 0 Å². The zero-order valence-corrected chi connectivity index (χ0v) is 15.9. The second-order valence-corrected chi connectivity index (χ2v) is 7.44. The maximum atomic E-state index is 4.18. The van der Waals surface area contributed by atoms with Gasteiger partial charge in [-0.2, -0.15) is 0 Å². The average Bonchev–Trinajstić information content (AvgIpc) is 3.13. The summed E-state index contributed by atoms with van der Waals surface area (Å²) < 4.78 is 0. The van der Waals surface area contributed by atoms with Gasteiger partial charge in [0.05, 0.1) is 0 Å². The van der Waals surface area contributed by atoms with Crippen LogP contribution in [0, 0.1) is 0 Å². The SMILES string of the molecule is C[C@H](CCCCc1c[nH]c2ccccc12)NCc1ccc2cnccc2c1.